The molecular formula is C13H19ClN2. The quantitative estimate of drug-likeness (QED) is 0.749. The summed E-state index contributed by atoms with van der Waals surface area (Å²) in [5.74, 6) is 0. The van der Waals surface area contributed by atoms with Gasteiger partial charge < -0.3 is 0 Å². The van der Waals surface area contributed by atoms with E-state index in [9.17, 15) is 0 Å². The van der Waals surface area contributed by atoms with Gasteiger partial charge in [-0.15, -0.1) is 0 Å². The number of likely N-dealkylation sites (tertiary alicyclic amines) is 1. The van der Waals surface area contributed by atoms with Gasteiger partial charge in [0, 0.05) is 11.7 Å². The van der Waals surface area contributed by atoms with E-state index in [0.717, 1.165) is 5.69 Å². The summed E-state index contributed by atoms with van der Waals surface area (Å²) in [5.41, 5.74) is 2.44. The molecule has 0 aromatic carbocycles. The molecule has 1 aromatic rings. The fraction of sp³-hybridized carbons (Fsp3) is 0.615. The summed E-state index contributed by atoms with van der Waals surface area (Å²) in [4.78, 5) is 6.92. The van der Waals surface area contributed by atoms with Crippen molar-refractivity contribution in [1.29, 1.82) is 0 Å². The lowest BCUT2D eigenvalue weighted by Gasteiger charge is -2.25. The Labute approximate surface area is 103 Å². The molecule has 0 radical (unpaired) electrons. The maximum absolute atomic E-state index is 5.90. The lowest BCUT2D eigenvalue weighted by atomic mass is 10.0. The Balaban J connectivity index is 2.22. The van der Waals surface area contributed by atoms with Crippen molar-refractivity contribution in [3.05, 3.63) is 28.5 Å². The zero-order valence-electron chi connectivity index (χ0n) is 10.0. The van der Waals surface area contributed by atoms with E-state index in [2.05, 4.69) is 29.8 Å². The van der Waals surface area contributed by atoms with Crippen LogP contribution in [-0.4, -0.2) is 23.0 Å². The van der Waals surface area contributed by atoms with E-state index in [1.165, 1.54) is 37.9 Å². The van der Waals surface area contributed by atoms with Gasteiger partial charge in [-0.25, -0.2) is 4.98 Å². The fourth-order valence-corrected chi connectivity index (χ4v) is 2.82. The Morgan fingerprint density at radius 2 is 2.31 bits per heavy atom. The lowest BCUT2D eigenvalue weighted by Crippen LogP contribution is -2.24. The van der Waals surface area contributed by atoms with Gasteiger partial charge in [0.05, 0.1) is 0 Å². The third-order valence-corrected chi connectivity index (χ3v) is 3.54. The highest BCUT2D eigenvalue weighted by molar-refractivity contribution is 6.29. The molecule has 1 unspecified atom stereocenters. The standard InChI is InChI=1S/C13H19ClN2/c1-3-8-16-9-4-5-12(16)11-6-7-13(14)15-10(11)2/h6-7,12H,3-5,8-9H2,1-2H3. The van der Waals surface area contributed by atoms with Crippen LogP contribution in [-0.2, 0) is 0 Å². The van der Waals surface area contributed by atoms with Crippen molar-refractivity contribution in [3.8, 4) is 0 Å². The van der Waals surface area contributed by atoms with E-state index in [-0.39, 0.29) is 0 Å². The van der Waals surface area contributed by atoms with Gasteiger partial charge in [-0.3, -0.25) is 4.90 Å². The smallest absolute Gasteiger partial charge is 0.129 e. The van der Waals surface area contributed by atoms with Crippen LogP contribution in [0, 0.1) is 6.92 Å². The van der Waals surface area contributed by atoms with Crippen LogP contribution in [0.2, 0.25) is 5.15 Å². The van der Waals surface area contributed by atoms with Gasteiger partial charge in [0.15, 0.2) is 0 Å². The van der Waals surface area contributed by atoms with Gasteiger partial charge in [0.1, 0.15) is 5.15 Å². The van der Waals surface area contributed by atoms with Crippen molar-refractivity contribution in [2.75, 3.05) is 13.1 Å². The molecule has 0 amide bonds. The number of aryl methyl sites for hydroxylation is 1. The highest BCUT2D eigenvalue weighted by atomic mass is 35.5. The summed E-state index contributed by atoms with van der Waals surface area (Å²) in [5, 5.41) is 0.598. The van der Waals surface area contributed by atoms with Crippen LogP contribution >= 0.6 is 11.6 Å². The fourth-order valence-electron chi connectivity index (χ4n) is 2.63. The second-order valence-corrected chi connectivity index (χ2v) is 4.89. The van der Waals surface area contributed by atoms with Crippen LogP contribution < -0.4 is 0 Å². The molecular weight excluding hydrogens is 220 g/mol. The molecule has 1 fully saturated rings. The summed E-state index contributed by atoms with van der Waals surface area (Å²) in [6, 6.07) is 4.61. The predicted octanol–water partition coefficient (Wildman–Crippen LogP) is 3.59. The van der Waals surface area contributed by atoms with Gasteiger partial charge in [-0.2, -0.15) is 0 Å². The molecule has 2 nitrogen and oxygen atoms in total. The molecule has 1 aliphatic heterocycles. The average molecular weight is 239 g/mol. The minimum absolute atomic E-state index is 0.560. The Kier molecular flexibility index (Phi) is 3.82. The maximum Gasteiger partial charge on any atom is 0.129 e. The van der Waals surface area contributed by atoms with E-state index in [1.54, 1.807) is 0 Å². The van der Waals surface area contributed by atoms with E-state index in [4.69, 9.17) is 11.6 Å². The zero-order valence-corrected chi connectivity index (χ0v) is 10.8. The Morgan fingerprint density at radius 1 is 1.50 bits per heavy atom. The normalized spacial score (nSPS) is 21.6. The molecule has 1 aliphatic rings. The van der Waals surface area contributed by atoms with Crippen LogP contribution in [0.15, 0.2) is 12.1 Å². The first kappa shape index (κ1) is 11.9. The van der Waals surface area contributed by atoms with Gasteiger partial charge in [0.25, 0.3) is 0 Å². The Bertz CT molecular complexity index is 365. The van der Waals surface area contributed by atoms with E-state index in [0.29, 0.717) is 11.2 Å². The van der Waals surface area contributed by atoms with Gasteiger partial charge in [-0.1, -0.05) is 24.6 Å². The maximum atomic E-state index is 5.90. The molecule has 2 heterocycles. The molecule has 1 aromatic heterocycles. The van der Waals surface area contributed by atoms with Crippen LogP contribution in [0.5, 0.6) is 0 Å². The lowest BCUT2D eigenvalue weighted by molar-refractivity contribution is 0.256. The van der Waals surface area contributed by atoms with E-state index < -0.39 is 0 Å². The average Bonchev–Trinajstić information content (AvgIpc) is 2.67. The second kappa shape index (κ2) is 5.15. The number of aromatic nitrogens is 1. The highest BCUT2D eigenvalue weighted by Gasteiger charge is 2.26. The van der Waals surface area contributed by atoms with Crippen molar-refractivity contribution in [2.45, 2.75) is 39.2 Å². The molecule has 0 spiro atoms. The van der Waals surface area contributed by atoms with Crippen LogP contribution in [0.3, 0.4) is 0 Å². The van der Waals surface area contributed by atoms with Crippen molar-refractivity contribution < 1.29 is 0 Å². The number of pyridine rings is 1. The molecule has 16 heavy (non-hydrogen) atoms. The molecule has 0 saturated carbocycles. The van der Waals surface area contributed by atoms with Crippen molar-refractivity contribution >= 4 is 11.6 Å². The highest BCUT2D eigenvalue weighted by Crippen LogP contribution is 2.33. The third kappa shape index (κ3) is 2.38. The molecule has 2 rings (SSSR count). The first-order valence-corrected chi connectivity index (χ1v) is 6.47. The van der Waals surface area contributed by atoms with Gasteiger partial charge in [0.2, 0.25) is 0 Å². The molecule has 88 valence electrons. The number of hydrogen-bond acceptors (Lipinski definition) is 2. The second-order valence-electron chi connectivity index (χ2n) is 4.50. The monoisotopic (exact) mass is 238 g/mol. The first-order valence-electron chi connectivity index (χ1n) is 6.09. The summed E-state index contributed by atoms with van der Waals surface area (Å²) in [6.07, 6.45) is 3.77. The van der Waals surface area contributed by atoms with Gasteiger partial charge >= 0.3 is 0 Å². The molecule has 0 N–H and O–H groups in total. The van der Waals surface area contributed by atoms with Crippen molar-refractivity contribution in [3.63, 3.8) is 0 Å². The number of nitrogens with zero attached hydrogens (tertiary/aromatic N) is 2. The number of rotatable bonds is 3. The number of hydrogen-bond donors (Lipinski definition) is 0. The SMILES string of the molecule is CCCN1CCCC1c1ccc(Cl)nc1C. The number of halogens is 1. The molecule has 0 aliphatic carbocycles. The summed E-state index contributed by atoms with van der Waals surface area (Å²) in [6.45, 7) is 6.71. The van der Waals surface area contributed by atoms with Crippen LogP contribution in [0.1, 0.15) is 43.5 Å². The van der Waals surface area contributed by atoms with E-state index in [1.807, 2.05) is 6.07 Å². The topological polar surface area (TPSA) is 16.1 Å². The Morgan fingerprint density at radius 3 is 3.00 bits per heavy atom. The summed E-state index contributed by atoms with van der Waals surface area (Å²) in [7, 11) is 0. The molecule has 1 atom stereocenters. The molecule has 3 heteroatoms. The van der Waals surface area contributed by atoms with Crippen molar-refractivity contribution in [2.24, 2.45) is 0 Å². The minimum atomic E-state index is 0.560. The summed E-state index contributed by atoms with van der Waals surface area (Å²) >= 11 is 5.90. The summed E-state index contributed by atoms with van der Waals surface area (Å²) < 4.78 is 0. The molecule has 1 saturated heterocycles. The van der Waals surface area contributed by atoms with Crippen LogP contribution in [0.4, 0.5) is 0 Å². The Hall–Kier alpha value is -0.600. The third-order valence-electron chi connectivity index (χ3n) is 3.33. The van der Waals surface area contributed by atoms with Crippen LogP contribution in [0.25, 0.3) is 0 Å². The predicted molar refractivity (Wildman–Crippen MR) is 67.8 cm³/mol. The van der Waals surface area contributed by atoms with Gasteiger partial charge in [-0.05, 0) is 50.9 Å². The largest absolute Gasteiger partial charge is 0.296 e. The first-order chi connectivity index (χ1) is 7.72. The zero-order chi connectivity index (χ0) is 11.5. The van der Waals surface area contributed by atoms with E-state index >= 15 is 0 Å². The van der Waals surface area contributed by atoms with Crippen molar-refractivity contribution in [1.82, 2.24) is 9.88 Å². The molecule has 0 bridgehead atoms. The minimum Gasteiger partial charge on any atom is -0.296 e.